The second-order valence-electron chi connectivity index (χ2n) is 3.29. The maximum absolute atomic E-state index is 10.7. The molecule has 0 aliphatic heterocycles. The van der Waals surface area contributed by atoms with E-state index < -0.39 is 5.97 Å². The summed E-state index contributed by atoms with van der Waals surface area (Å²) in [5, 5.41) is 9.66. The highest BCUT2D eigenvalue weighted by Crippen LogP contribution is 2.26. The van der Waals surface area contributed by atoms with E-state index >= 15 is 0 Å². The highest BCUT2D eigenvalue weighted by molar-refractivity contribution is 7.12. The number of aromatic nitrogens is 2. The van der Waals surface area contributed by atoms with Crippen molar-refractivity contribution in [3.8, 4) is 11.4 Å². The molecule has 2 rings (SSSR count). The third-order valence-electron chi connectivity index (χ3n) is 2.02. The van der Waals surface area contributed by atoms with Gasteiger partial charge in [-0.3, -0.25) is 9.78 Å². The number of aryl methyl sites for hydroxylation is 1. The molecule has 0 saturated heterocycles. The summed E-state index contributed by atoms with van der Waals surface area (Å²) in [6, 6.07) is 5.51. The average molecular weight is 234 g/mol. The molecule has 0 unspecified atom stereocenters. The van der Waals surface area contributed by atoms with Gasteiger partial charge in [0, 0.05) is 11.1 Å². The Morgan fingerprint density at radius 2 is 2.31 bits per heavy atom. The topological polar surface area (TPSA) is 63.1 Å². The van der Waals surface area contributed by atoms with E-state index in [9.17, 15) is 4.79 Å². The van der Waals surface area contributed by atoms with Gasteiger partial charge in [0.1, 0.15) is 5.69 Å². The standard InChI is InChI=1S/C11H10N2O2S/c1-7-13-11(8-4-2-3-5-12-8)9(16-7)6-10(14)15/h2-5H,6H2,1H3,(H,14,15). The summed E-state index contributed by atoms with van der Waals surface area (Å²) in [6.45, 7) is 1.86. The Morgan fingerprint density at radius 3 is 2.94 bits per heavy atom. The molecule has 5 heteroatoms. The predicted molar refractivity (Wildman–Crippen MR) is 61.4 cm³/mol. The number of carboxylic acid groups (broad SMARTS) is 1. The lowest BCUT2D eigenvalue weighted by molar-refractivity contribution is -0.136. The van der Waals surface area contributed by atoms with Crippen LogP contribution in [0.25, 0.3) is 11.4 Å². The number of hydrogen-bond donors (Lipinski definition) is 1. The molecule has 0 aliphatic rings. The average Bonchev–Trinajstić information content (AvgIpc) is 2.60. The SMILES string of the molecule is Cc1nc(-c2ccccn2)c(CC(=O)O)s1. The van der Waals surface area contributed by atoms with Gasteiger partial charge in [-0.05, 0) is 19.1 Å². The molecular weight excluding hydrogens is 224 g/mol. The summed E-state index contributed by atoms with van der Waals surface area (Å²) in [6.07, 6.45) is 1.67. The van der Waals surface area contributed by atoms with E-state index in [1.165, 1.54) is 11.3 Å². The molecule has 4 nitrogen and oxygen atoms in total. The summed E-state index contributed by atoms with van der Waals surface area (Å²) in [5.74, 6) is -0.846. The number of rotatable bonds is 3. The number of nitrogens with zero attached hydrogens (tertiary/aromatic N) is 2. The predicted octanol–water partition coefficient (Wildman–Crippen LogP) is 2.14. The van der Waals surface area contributed by atoms with E-state index in [4.69, 9.17) is 5.11 Å². The van der Waals surface area contributed by atoms with Crippen molar-refractivity contribution in [2.24, 2.45) is 0 Å². The molecule has 16 heavy (non-hydrogen) atoms. The minimum Gasteiger partial charge on any atom is -0.481 e. The van der Waals surface area contributed by atoms with Gasteiger partial charge >= 0.3 is 5.97 Å². The fraction of sp³-hybridized carbons (Fsp3) is 0.182. The number of carboxylic acids is 1. The summed E-state index contributed by atoms with van der Waals surface area (Å²) in [5.41, 5.74) is 1.41. The van der Waals surface area contributed by atoms with Crippen molar-refractivity contribution in [1.29, 1.82) is 0 Å². The Morgan fingerprint density at radius 1 is 1.50 bits per heavy atom. The maximum atomic E-state index is 10.7. The number of pyridine rings is 1. The zero-order valence-corrected chi connectivity index (χ0v) is 9.49. The van der Waals surface area contributed by atoms with E-state index in [0.29, 0.717) is 5.69 Å². The van der Waals surface area contributed by atoms with Crippen molar-refractivity contribution >= 4 is 17.3 Å². The first-order valence-electron chi connectivity index (χ1n) is 4.76. The van der Waals surface area contributed by atoms with Crippen molar-refractivity contribution < 1.29 is 9.90 Å². The van der Waals surface area contributed by atoms with Crippen LogP contribution < -0.4 is 0 Å². The van der Waals surface area contributed by atoms with Gasteiger partial charge < -0.3 is 5.11 Å². The van der Waals surface area contributed by atoms with Crippen LogP contribution in [0.2, 0.25) is 0 Å². The zero-order chi connectivity index (χ0) is 11.5. The van der Waals surface area contributed by atoms with Gasteiger partial charge in [-0.15, -0.1) is 11.3 Å². The second-order valence-corrected chi connectivity index (χ2v) is 4.58. The lowest BCUT2D eigenvalue weighted by atomic mass is 10.2. The quantitative estimate of drug-likeness (QED) is 0.883. The van der Waals surface area contributed by atoms with Crippen molar-refractivity contribution in [3.63, 3.8) is 0 Å². The summed E-state index contributed by atoms with van der Waals surface area (Å²) >= 11 is 1.41. The van der Waals surface area contributed by atoms with Gasteiger partial charge in [0.15, 0.2) is 0 Å². The number of thiazole rings is 1. The molecule has 0 spiro atoms. The number of carbonyl (C=O) groups is 1. The minimum absolute atomic E-state index is 0.00257. The van der Waals surface area contributed by atoms with E-state index in [1.54, 1.807) is 6.20 Å². The highest BCUT2D eigenvalue weighted by Gasteiger charge is 2.14. The van der Waals surface area contributed by atoms with Gasteiger partial charge in [-0.1, -0.05) is 6.07 Å². The van der Waals surface area contributed by atoms with Crippen molar-refractivity contribution in [3.05, 3.63) is 34.3 Å². The molecule has 0 atom stereocenters. The first kappa shape index (κ1) is 10.8. The molecule has 0 amide bonds. The molecular formula is C11H10N2O2S. The van der Waals surface area contributed by atoms with Gasteiger partial charge in [0.05, 0.1) is 17.1 Å². The van der Waals surface area contributed by atoms with E-state index in [2.05, 4.69) is 9.97 Å². The number of aliphatic carboxylic acids is 1. The molecule has 82 valence electrons. The Bertz CT molecular complexity index is 508. The molecule has 0 fully saturated rings. The van der Waals surface area contributed by atoms with Gasteiger partial charge in [0.2, 0.25) is 0 Å². The van der Waals surface area contributed by atoms with Gasteiger partial charge in [-0.25, -0.2) is 4.98 Å². The van der Waals surface area contributed by atoms with Crippen LogP contribution in [0.5, 0.6) is 0 Å². The van der Waals surface area contributed by atoms with Gasteiger partial charge in [-0.2, -0.15) is 0 Å². The van der Waals surface area contributed by atoms with Crippen molar-refractivity contribution in [1.82, 2.24) is 9.97 Å². The van der Waals surface area contributed by atoms with E-state index in [1.807, 2.05) is 25.1 Å². The van der Waals surface area contributed by atoms with Crippen LogP contribution >= 0.6 is 11.3 Å². The second kappa shape index (κ2) is 4.40. The highest BCUT2D eigenvalue weighted by atomic mass is 32.1. The lowest BCUT2D eigenvalue weighted by Gasteiger charge is -1.98. The first-order valence-corrected chi connectivity index (χ1v) is 5.58. The van der Waals surface area contributed by atoms with Crippen LogP contribution in [0.1, 0.15) is 9.88 Å². The molecule has 0 radical (unpaired) electrons. The molecule has 0 bridgehead atoms. The van der Waals surface area contributed by atoms with E-state index in [-0.39, 0.29) is 6.42 Å². The van der Waals surface area contributed by atoms with Crippen LogP contribution in [0.4, 0.5) is 0 Å². The van der Waals surface area contributed by atoms with Crippen LogP contribution in [-0.2, 0) is 11.2 Å². The molecule has 0 aromatic carbocycles. The largest absolute Gasteiger partial charge is 0.481 e. The zero-order valence-electron chi connectivity index (χ0n) is 8.67. The van der Waals surface area contributed by atoms with Gasteiger partial charge in [0.25, 0.3) is 0 Å². The third-order valence-corrected chi connectivity index (χ3v) is 2.99. The van der Waals surface area contributed by atoms with Crippen LogP contribution in [0.3, 0.4) is 0 Å². The summed E-state index contributed by atoms with van der Waals surface area (Å²) < 4.78 is 0. The third kappa shape index (κ3) is 2.25. The Labute approximate surface area is 96.6 Å². The molecule has 2 heterocycles. The maximum Gasteiger partial charge on any atom is 0.308 e. The molecule has 1 N–H and O–H groups in total. The van der Waals surface area contributed by atoms with E-state index in [0.717, 1.165) is 15.6 Å². The fourth-order valence-corrected chi connectivity index (χ4v) is 2.37. The van der Waals surface area contributed by atoms with Crippen LogP contribution in [0.15, 0.2) is 24.4 Å². The normalized spacial score (nSPS) is 10.3. The lowest BCUT2D eigenvalue weighted by Crippen LogP contribution is -1.99. The van der Waals surface area contributed by atoms with Crippen LogP contribution in [-0.4, -0.2) is 21.0 Å². The molecule has 0 aliphatic carbocycles. The molecule has 2 aromatic heterocycles. The van der Waals surface area contributed by atoms with Crippen molar-refractivity contribution in [2.45, 2.75) is 13.3 Å². The monoisotopic (exact) mass is 234 g/mol. The first-order chi connectivity index (χ1) is 7.66. The number of hydrogen-bond acceptors (Lipinski definition) is 4. The Kier molecular flexibility index (Phi) is 2.96. The Balaban J connectivity index is 2.44. The summed E-state index contributed by atoms with van der Waals surface area (Å²) in [7, 11) is 0. The molecule has 0 saturated carbocycles. The Hall–Kier alpha value is -1.75. The minimum atomic E-state index is -0.846. The van der Waals surface area contributed by atoms with Crippen LogP contribution in [0, 0.1) is 6.92 Å². The van der Waals surface area contributed by atoms with Crippen molar-refractivity contribution in [2.75, 3.05) is 0 Å². The smallest absolute Gasteiger partial charge is 0.308 e. The fourth-order valence-electron chi connectivity index (χ4n) is 1.43. The summed E-state index contributed by atoms with van der Waals surface area (Å²) in [4.78, 5) is 20.0. The molecule has 2 aromatic rings.